The number of benzene rings is 2. The average molecular weight is 329 g/mol. The van der Waals surface area contributed by atoms with Crippen LogP contribution in [0.5, 0.6) is 0 Å². The first-order chi connectivity index (χ1) is 10.3. The first-order valence-electron chi connectivity index (χ1n) is 6.40. The van der Waals surface area contributed by atoms with E-state index in [0.29, 0.717) is 0 Å². The Hall–Kier alpha value is -1.30. The first kappa shape index (κ1) is 14.6. The van der Waals surface area contributed by atoms with Gasteiger partial charge >= 0.3 is 0 Å². The molecule has 0 saturated carbocycles. The predicted molar refractivity (Wildman–Crippen MR) is 97.2 cm³/mol. The molecule has 5 heteroatoms. The SMILES string of the molecule is CSC(=Nc1nc2ccccc2s1)C(S)c1cc[c]cc1. The van der Waals surface area contributed by atoms with Crippen molar-refractivity contribution in [2.75, 3.05) is 6.26 Å². The molecule has 1 unspecified atom stereocenters. The van der Waals surface area contributed by atoms with Crippen molar-refractivity contribution in [2.24, 2.45) is 4.99 Å². The van der Waals surface area contributed by atoms with E-state index in [1.54, 1.807) is 23.1 Å². The second-order valence-electron chi connectivity index (χ2n) is 4.35. The lowest BCUT2D eigenvalue weighted by molar-refractivity contribution is 1.30. The largest absolute Gasteiger partial charge is 0.218 e. The smallest absolute Gasteiger partial charge is 0.211 e. The summed E-state index contributed by atoms with van der Waals surface area (Å²) in [4.78, 5) is 9.25. The standard InChI is InChI=1S/C16H13N2S3/c1-20-15(14(19)11-7-3-2-4-8-11)18-16-17-12-9-5-6-10-13(12)21-16/h3-10,14,19H,1H3. The van der Waals surface area contributed by atoms with Crippen molar-refractivity contribution in [1.29, 1.82) is 0 Å². The summed E-state index contributed by atoms with van der Waals surface area (Å²) < 4.78 is 1.15. The van der Waals surface area contributed by atoms with E-state index < -0.39 is 0 Å². The molecule has 2 nitrogen and oxygen atoms in total. The van der Waals surface area contributed by atoms with Crippen LogP contribution >= 0.6 is 35.7 Å². The second-order valence-corrected chi connectivity index (χ2v) is 6.71. The van der Waals surface area contributed by atoms with Crippen molar-refractivity contribution in [3.8, 4) is 0 Å². The second kappa shape index (κ2) is 6.64. The number of thioether (sulfide) groups is 1. The Morgan fingerprint density at radius 3 is 2.76 bits per heavy atom. The van der Waals surface area contributed by atoms with Crippen molar-refractivity contribution < 1.29 is 0 Å². The number of fused-ring (bicyclic) bond motifs is 1. The van der Waals surface area contributed by atoms with Crippen molar-refractivity contribution in [1.82, 2.24) is 4.98 Å². The normalized spacial score (nSPS) is 13.5. The van der Waals surface area contributed by atoms with Gasteiger partial charge in [0.25, 0.3) is 0 Å². The summed E-state index contributed by atoms with van der Waals surface area (Å²) in [6.45, 7) is 0. The molecule has 2 aromatic carbocycles. The number of rotatable bonds is 3. The fraction of sp³-hybridized carbons (Fsp3) is 0.125. The molecule has 21 heavy (non-hydrogen) atoms. The summed E-state index contributed by atoms with van der Waals surface area (Å²) in [6.07, 6.45) is 2.02. The van der Waals surface area contributed by atoms with E-state index in [9.17, 15) is 0 Å². The van der Waals surface area contributed by atoms with Crippen LogP contribution in [0.3, 0.4) is 0 Å². The van der Waals surface area contributed by atoms with E-state index in [1.165, 1.54) is 0 Å². The third-order valence-electron chi connectivity index (χ3n) is 2.99. The van der Waals surface area contributed by atoms with Crippen LogP contribution in [0.4, 0.5) is 5.13 Å². The van der Waals surface area contributed by atoms with Crippen LogP contribution in [0.2, 0.25) is 0 Å². The Morgan fingerprint density at radius 2 is 2.05 bits per heavy atom. The Bertz CT molecular complexity index is 732. The van der Waals surface area contributed by atoms with Gasteiger partial charge in [0.2, 0.25) is 5.13 Å². The maximum atomic E-state index is 4.70. The van der Waals surface area contributed by atoms with E-state index in [1.807, 2.05) is 48.7 Å². The Kier molecular flexibility index (Phi) is 4.63. The molecule has 1 heterocycles. The van der Waals surface area contributed by atoms with Gasteiger partial charge in [-0.15, -0.1) is 11.8 Å². The van der Waals surface area contributed by atoms with Crippen molar-refractivity contribution in [3.63, 3.8) is 0 Å². The summed E-state index contributed by atoms with van der Waals surface area (Å²) in [6, 6.07) is 18.9. The van der Waals surface area contributed by atoms with Crippen molar-refractivity contribution >= 4 is 56.1 Å². The highest BCUT2D eigenvalue weighted by molar-refractivity contribution is 8.14. The minimum Gasteiger partial charge on any atom is -0.218 e. The molecule has 0 N–H and O–H groups in total. The monoisotopic (exact) mass is 329 g/mol. The van der Waals surface area contributed by atoms with Gasteiger partial charge < -0.3 is 0 Å². The van der Waals surface area contributed by atoms with Crippen LogP contribution in [0.1, 0.15) is 10.8 Å². The van der Waals surface area contributed by atoms with Gasteiger partial charge in [0, 0.05) is 0 Å². The summed E-state index contributed by atoms with van der Waals surface area (Å²) in [5.41, 5.74) is 2.11. The highest BCUT2D eigenvalue weighted by Crippen LogP contribution is 2.32. The summed E-state index contributed by atoms with van der Waals surface area (Å²) in [5, 5.41) is 1.69. The Balaban J connectivity index is 1.95. The van der Waals surface area contributed by atoms with Gasteiger partial charge in [-0.1, -0.05) is 47.7 Å². The van der Waals surface area contributed by atoms with Gasteiger partial charge in [-0.2, -0.15) is 12.6 Å². The molecule has 105 valence electrons. The number of aromatic nitrogens is 1. The van der Waals surface area contributed by atoms with Gasteiger partial charge in [0.05, 0.1) is 20.5 Å². The predicted octanol–water partition coefficient (Wildman–Crippen LogP) is 5.16. The number of hydrogen-bond donors (Lipinski definition) is 1. The Labute approximate surface area is 137 Å². The summed E-state index contributed by atoms with van der Waals surface area (Å²) >= 11 is 7.91. The Morgan fingerprint density at radius 1 is 1.29 bits per heavy atom. The van der Waals surface area contributed by atoms with E-state index in [-0.39, 0.29) is 5.25 Å². The molecule has 1 aromatic heterocycles. The number of nitrogens with zero attached hydrogens (tertiary/aromatic N) is 2. The number of para-hydroxylation sites is 1. The fourth-order valence-corrected chi connectivity index (χ4v) is 3.94. The quantitative estimate of drug-likeness (QED) is 0.408. The zero-order valence-corrected chi connectivity index (χ0v) is 13.9. The fourth-order valence-electron chi connectivity index (χ4n) is 1.95. The lowest BCUT2D eigenvalue weighted by Gasteiger charge is -2.11. The number of thiazole rings is 1. The zero-order valence-electron chi connectivity index (χ0n) is 11.4. The summed E-state index contributed by atoms with van der Waals surface area (Å²) in [7, 11) is 0. The molecule has 1 radical (unpaired) electrons. The lowest BCUT2D eigenvalue weighted by atomic mass is 10.1. The molecule has 0 fully saturated rings. The van der Waals surface area contributed by atoms with Crippen LogP contribution in [-0.2, 0) is 0 Å². The molecule has 3 aromatic rings. The van der Waals surface area contributed by atoms with E-state index in [4.69, 9.17) is 17.6 Å². The minimum atomic E-state index is -0.0402. The molecule has 0 spiro atoms. The van der Waals surface area contributed by atoms with Crippen LogP contribution < -0.4 is 0 Å². The first-order valence-corrected chi connectivity index (χ1v) is 8.96. The third-order valence-corrected chi connectivity index (χ3v) is 5.38. The maximum Gasteiger partial charge on any atom is 0.211 e. The number of aliphatic imine (C=N–C) groups is 1. The number of thiol groups is 1. The zero-order chi connectivity index (χ0) is 14.7. The highest BCUT2D eigenvalue weighted by atomic mass is 32.2. The van der Waals surface area contributed by atoms with Gasteiger partial charge in [0.1, 0.15) is 0 Å². The van der Waals surface area contributed by atoms with Gasteiger partial charge in [-0.25, -0.2) is 9.98 Å². The van der Waals surface area contributed by atoms with Crippen molar-refractivity contribution in [2.45, 2.75) is 5.25 Å². The molecular weight excluding hydrogens is 316 g/mol. The lowest BCUT2D eigenvalue weighted by Crippen LogP contribution is -2.02. The van der Waals surface area contributed by atoms with Crippen LogP contribution in [-0.4, -0.2) is 16.3 Å². The molecule has 0 amide bonds. The molecular formula is C16H13N2S3. The minimum absolute atomic E-state index is 0.0402. The van der Waals surface area contributed by atoms with Crippen molar-refractivity contribution in [3.05, 3.63) is 60.2 Å². The molecule has 0 aliphatic rings. The van der Waals surface area contributed by atoms with Gasteiger partial charge in [-0.3, -0.25) is 0 Å². The van der Waals surface area contributed by atoms with Crippen LogP contribution in [0.15, 0.2) is 53.5 Å². The van der Waals surface area contributed by atoms with Crippen LogP contribution in [0.25, 0.3) is 10.2 Å². The van der Waals surface area contributed by atoms with E-state index in [2.05, 4.69) is 17.1 Å². The topological polar surface area (TPSA) is 25.2 Å². The maximum absolute atomic E-state index is 4.70. The molecule has 0 bridgehead atoms. The summed E-state index contributed by atoms with van der Waals surface area (Å²) in [5.74, 6) is 0. The average Bonchev–Trinajstić information content (AvgIpc) is 2.95. The van der Waals surface area contributed by atoms with Crippen LogP contribution in [0, 0.1) is 6.07 Å². The molecule has 0 aliphatic heterocycles. The van der Waals surface area contributed by atoms with E-state index in [0.717, 1.165) is 26.0 Å². The van der Waals surface area contributed by atoms with E-state index >= 15 is 0 Å². The molecule has 0 aliphatic carbocycles. The third kappa shape index (κ3) is 3.31. The molecule has 1 atom stereocenters. The molecule has 0 saturated heterocycles. The van der Waals surface area contributed by atoms with Gasteiger partial charge in [0.15, 0.2) is 0 Å². The number of hydrogen-bond acceptors (Lipinski definition) is 5. The van der Waals surface area contributed by atoms with Gasteiger partial charge in [-0.05, 0) is 30.0 Å². The molecule has 3 rings (SSSR count). The highest BCUT2D eigenvalue weighted by Gasteiger charge is 2.14.